The first kappa shape index (κ1) is 8.27. The van der Waals surface area contributed by atoms with Crippen LogP contribution in [0.25, 0.3) is 0 Å². The normalized spacial score (nSPS) is 9.55. The van der Waals surface area contributed by atoms with Crippen molar-refractivity contribution in [2.24, 2.45) is 0 Å². The highest BCUT2D eigenvalue weighted by atomic mass is 79.9. The molecule has 0 heterocycles. The molecule has 0 atom stereocenters. The fourth-order valence-electron chi connectivity index (χ4n) is 0.832. The fourth-order valence-corrected chi connectivity index (χ4v) is 1.28. The first-order chi connectivity index (χ1) is 5.18. The third kappa shape index (κ3) is 2.72. The van der Waals surface area contributed by atoms with Gasteiger partial charge >= 0.3 is 0 Å². The summed E-state index contributed by atoms with van der Waals surface area (Å²) in [6.45, 7) is 0. The molecule has 3 heteroatoms. The Hall–Kier alpha value is -0.830. The van der Waals surface area contributed by atoms with Crippen LogP contribution >= 0.6 is 15.9 Å². The largest absolute Gasteiger partial charge is 0.273 e. The van der Waals surface area contributed by atoms with Crippen LogP contribution in [0.1, 0.15) is 5.56 Å². The van der Waals surface area contributed by atoms with Gasteiger partial charge in [0.25, 0.3) is 0 Å². The van der Waals surface area contributed by atoms with Gasteiger partial charge in [-0.2, -0.15) is 0 Å². The number of hydrogen-bond donors (Lipinski definition) is 0. The molecule has 1 rings (SSSR count). The van der Waals surface area contributed by atoms with Crippen LogP contribution in [0.3, 0.4) is 0 Å². The van der Waals surface area contributed by atoms with E-state index in [9.17, 15) is 4.79 Å². The molecule has 0 saturated carbocycles. The van der Waals surface area contributed by atoms with Crippen LogP contribution in [0.2, 0.25) is 0 Å². The quantitative estimate of drug-likeness (QED) is 0.738. The maximum absolute atomic E-state index is 10.4. The van der Waals surface area contributed by atoms with E-state index in [0.29, 0.717) is 0 Å². The lowest BCUT2D eigenvalue weighted by Gasteiger charge is -1.96. The third-order valence-corrected chi connectivity index (χ3v) is 1.75. The highest BCUT2D eigenvalue weighted by Crippen LogP contribution is 2.11. The number of hydrogen-bond acceptors (Lipinski definition) is 1. The lowest BCUT2D eigenvalue weighted by Crippen LogP contribution is -2.01. The lowest BCUT2D eigenvalue weighted by atomic mass is 10.1. The van der Waals surface area contributed by atoms with Crippen LogP contribution in [-0.2, 0) is 11.2 Å². The summed E-state index contributed by atoms with van der Waals surface area (Å²) in [6, 6.07) is 7.41. The molecule has 0 spiro atoms. The lowest BCUT2D eigenvalue weighted by molar-refractivity contribution is -0.118. The molecule has 0 aliphatic rings. The number of carbonyl (C=O) groups is 1. The molecule has 57 valence electrons. The monoisotopic (exact) mass is 212 g/mol. The molecule has 0 unspecified atom stereocenters. The maximum Gasteiger partial charge on any atom is 0.242 e. The Morgan fingerprint density at radius 1 is 1.55 bits per heavy atom. The molecule has 1 radical (unpaired) electrons. The summed E-state index contributed by atoms with van der Waals surface area (Å²) in [7, 11) is 0. The van der Waals surface area contributed by atoms with E-state index in [1.165, 1.54) is 0 Å². The average Bonchev–Trinajstić information content (AvgIpc) is 1.85. The van der Waals surface area contributed by atoms with Gasteiger partial charge < -0.3 is 0 Å². The van der Waals surface area contributed by atoms with Crippen LogP contribution in [0.4, 0.5) is 0 Å². The molecule has 0 aromatic heterocycles. The van der Waals surface area contributed by atoms with Gasteiger partial charge in [0.1, 0.15) is 0 Å². The summed E-state index contributed by atoms with van der Waals surface area (Å²) in [6.07, 6.45) is 0.194. The molecule has 1 aromatic carbocycles. The van der Waals surface area contributed by atoms with E-state index in [1.807, 2.05) is 24.3 Å². The van der Waals surface area contributed by atoms with E-state index >= 15 is 0 Å². The van der Waals surface area contributed by atoms with Crippen LogP contribution in [0.15, 0.2) is 28.7 Å². The standard InChI is InChI=1S/C8H7BrNO/c9-7-3-1-2-6(4-7)5-8(10)11/h1-4,10H,5H2. The van der Waals surface area contributed by atoms with E-state index in [1.54, 1.807) is 0 Å². The van der Waals surface area contributed by atoms with Gasteiger partial charge in [0, 0.05) is 4.47 Å². The SMILES string of the molecule is [NH]C(=O)Cc1cccc(Br)c1. The van der Waals surface area contributed by atoms with Crippen molar-refractivity contribution in [2.45, 2.75) is 6.42 Å². The van der Waals surface area contributed by atoms with Crippen molar-refractivity contribution in [1.82, 2.24) is 5.73 Å². The van der Waals surface area contributed by atoms with Gasteiger partial charge in [-0.05, 0) is 17.7 Å². The minimum atomic E-state index is -0.553. The number of benzene rings is 1. The van der Waals surface area contributed by atoms with Gasteiger partial charge in [-0.1, -0.05) is 28.1 Å². The Morgan fingerprint density at radius 2 is 2.27 bits per heavy atom. The Balaban J connectivity index is 2.79. The van der Waals surface area contributed by atoms with Crippen molar-refractivity contribution in [3.05, 3.63) is 34.3 Å². The molecular weight excluding hydrogens is 206 g/mol. The average molecular weight is 213 g/mol. The molecule has 1 N–H and O–H groups in total. The second kappa shape index (κ2) is 3.53. The van der Waals surface area contributed by atoms with Crippen LogP contribution in [-0.4, -0.2) is 5.91 Å². The second-order valence-electron chi connectivity index (χ2n) is 2.23. The number of rotatable bonds is 2. The Morgan fingerprint density at radius 3 is 2.82 bits per heavy atom. The molecule has 1 amide bonds. The number of nitrogens with one attached hydrogen (secondary N) is 1. The van der Waals surface area contributed by atoms with Gasteiger partial charge in [-0.15, -0.1) is 0 Å². The van der Waals surface area contributed by atoms with Gasteiger partial charge in [0.15, 0.2) is 0 Å². The van der Waals surface area contributed by atoms with E-state index in [2.05, 4.69) is 15.9 Å². The van der Waals surface area contributed by atoms with E-state index in [0.717, 1.165) is 10.0 Å². The maximum atomic E-state index is 10.4. The van der Waals surface area contributed by atoms with Gasteiger partial charge in [-0.3, -0.25) is 10.5 Å². The summed E-state index contributed by atoms with van der Waals surface area (Å²) in [5.74, 6) is -0.553. The highest BCUT2D eigenvalue weighted by Gasteiger charge is 1.98. The molecule has 0 bridgehead atoms. The minimum absolute atomic E-state index is 0.194. The van der Waals surface area contributed by atoms with Crippen molar-refractivity contribution >= 4 is 21.8 Å². The number of carbonyl (C=O) groups excluding carboxylic acids is 1. The Labute approximate surface area is 73.5 Å². The summed E-state index contributed by atoms with van der Waals surface area (Å²) in [5, 5.41) is 0. The minimum Gasteiger partial charge on any atom is -0.273 e. The molecule has 11 heavy (non-hydrogen) atoms. The third-order valence-electron chi connectivity index (χ3n) is 1.25. The van der Waals surface area contributed by atoms with Crippen molar-refractivity contribution in [2.75, 3.05) is 0 Å². The molecular formula is C8H7BrNO. The second-order valence-corrected chi connectivity index (χ2v) is 3.15. The molecule has 0 aliphatic carbocycles. The smallest absolute Gasteiger partial charge is 0.242 e. The number of halogens is 1. The predicted molar refractivity (Wildman–Crippen MR) is 45.9 cm³/mol. The molecule has 0 fully saturated rings. The first-order valence-corrected chi connectivity index (χ1v) is 3.96. The van der Waals surface area contributed by atoms with Gasteiger partial charge in [0.05, 0.1) is 6.42 Å². The highest BCUT2D eigenvalue weighted by molar-refractivity contribution is 9.10. The van der Waals surface area contributed by atoms with Crippen molar-refractivity contribution in [1.29, 1.82) is 0 Å². The first-order valence-electron chi connectivity index (χ1n) is 3.17. The fraction of sp³-hybridized carbons (Fsp3) is 0.125. The van der Waals surface area contributed by atoms with Crippen LogP contribution in [0, 0.1) is 0 Å². The van der Waals surface area contributed by atoms with Gasteiger partial charge in [0.2, 0.25) is 5.91 Å². The zero-order valence-electron chi connectivity index (χ0n) is 5.80. The van der Waals surface area contributed by atoms with Crippen LogP contribution < -0.4 is 5.73 Å². The summed E-state index contributed by atoms with van der Waals surface area (Å²) >= 11 is 3.28. The molecule has 2 nitrogen and oxygen atoms in total. The number of amides is 1. The van der Waals surface area contributed by atoms with Crippen molar-refractivity contribution in [3.63, 3.8) is 0 Å². The zero-order chi connectivity index (χ0) is 8.27. The Kier molecular flexibility index (Phi) is 2.65. The van der Waals surface area contributed by atoms with Crippen molar-refractivity contribution in [3.8, 4) is 0 Å². The summed E-state index contributed by atoms with van der Waals surface area (Å²) in [4.78, 5) is 10.4. The molecule has 0 saturated heterocycles. The zero-order valence-corrected chi connectivity index (χ0v) is 7.39. The summed E-state index contributed by atoms with van der Waals surface area (Å²) < 4.78 is 0.941. The Bertz CT molecular complexity index is 273. The van der Waals surface area contributed by atoms with Crippen molar-refractivity contribution < 1.29 is 4.79 Å². The van der Waals surface area contributed by atoms with E-state index in [-0.39, 0.29) is 6.42 Å². The topological polar surface area (TPSA) is 40.9 Å². The van der Waals surface area contributed by atoms with E-state index in [4.69, 9.17) is 5.73 Å². The molecule has 1 aromatic rings. The summed E-state index contributed by atoms with van der Waals surface area (Å²) in [5.41, 5.74) is 7.61. The van der Waals surface area contributed by atoms with E-state index < -0.39 is 5.91 Å². The predicted octanol–water partition coefficient (Wildman–Crippen LogP) is 1.80. The van der Waals surface area contributed by atoms with Gasteiger partial charge in [-0.25, -0.2) is 0 Å². The van der Waals surface area contributed by atoms with Crippen LogP contribution in [0.5, 0.6) is 0 Å². The molecule has 0 aliphatic heterocycles.